The van der Waals surface area contributed by atoms with Gasteiger partial charge in [-0.25, -0.2) is 4.98 Å². The van der Waals surface area contributed by atoms with Crippen LogP contribution in [0.4, 0.5) is 0 Å². The summed E-state index contributed by atoms with van der Waals surface area (Å²) < 4.78 is 0. The number of nitrogens with one attached hydrogen (secondary N) is 2. The van der Waals surface area contributed by atoms with Crippen molar-refractivity contribution in [2.24, 2.45) is 11.8 Å². The highest BCUT2D eigenvalue weighted by atomic mass is 35.5. The molecule has 38 heavy (non-hydrogen) atoms. The molecule has 3 atom stereocenters. The van der Waals surface area contributed by atoms with Gasteiger partial charge in [-0.3, -0.25) is 9.69 Å². The second-order valence-electron chi connectivity index (χ2n) is 10.7. The Hall–Kier alpha value is -2.81. The number of hydrogen-bond donors (Lipinski definition) is 4. The van der Waals surface area contributed by atoms with Gasteiger partial charge in [0.2, 0.25) is 0 Å². The molecule has 2 aliphatic rings. The van der Waals surface area contributed by atoms with Crippen LogP contribution in [0, 0.1) is 17.9 Å². The zero-order valence-corrected chi connectivity index (χ0v) is 22.9. The van der Waals surface area contributed by atoms with Crippen molar-refractivity contribution in [1.29, 1.82) is 0 Å². The molecular formula is C27H31ClN5O4S+. The van der Waals surface area contributed by atoms with Crippen molar-refractivity contribution in [2.45, 2.75) is 51.2 Å². The average molecular weight is 557 g/mol. The fraction of sp³-hybridized carbons (Fsp3) is 0.481. The highest BCUT2D eigenvalue weighted by molar-refractivity contribution is 7.13. The summed E-state index contributed by atoms with van der Waals surface area (Å²) in [5.74, 6) is -1.06. The largest absolute Gasteiger partial charge is 0.576 e. The zero-order chi connectivity index (χ0) is 27.0. The molecule has 3 heterocycles. The van der Waals surface area contributed by atoms with Crippen LogP contribution in [0.2, 0.25) is 5.02 Å². The number of thiazole rings is 1. The molecule has 200 valence electrons. The minimum Gasteiger partial charge on any atom is -0.396 e. The van der Waals surface area contributed by atoms with Crippen LogP contribution in [0.25, 0.3) is 15.7 Å². The summed E-state index contributed by atoms with van der Waals surface area (Å²) in [5, 5.41) is 24.2. The van der Waals surface area contributed by atoms with Crippen molar-refractivity contribution < 1.29 is 19.8 Å². The van der Waals surface area contributed by atoms with Crippen molar-refractivity contribution in [1.82, 2.24) is 20.2 Å². The molecular weight excluding hydrogens is 526 g/mol. The second kappa shape index (κ2) is 10.8. The predicted molar refractivity (Wildman–Crippen MR) is 147 cm³/mol. The first kappa shape index (κ1) is 26.8. The number of halogens is 1. The molecule has 2 amide bonds. The number of nitrogens with zero attached hydrogens (tertiary/aromatic N) is 3. The number of benzene rings is 1. The highest BCUT2D eigenvalue weighted by Crippen LogP contribution is 2.32. The van der Waals surface area contributed by atoms with Gasteiger partial charge in [-0.1, -0.05) is 11.6 Å². The minimum atomic E-state index is -0.456. The van der Waals surface area contributed by atoms with E-state index in [0.717, 1.165) is 28.0 Å². The van der Waals surface area contributed by atoms with E-state index < -0.39 is 5.91 Å². The molecule has 1 fully saturated rings. The monoisotopic (exact) mass is 556 g/mol. The number of aliphatic hydroxyl groups excluding tert-OH is 2. The fourth-order valence-corrected chi connectivity index (χ4v) is 6.35. The molecule has 3 aromatic rings. The number of carbonyl (C=O) groups excluding carboxylic acids is 2. The summed E-state index contributed by atoms with van der Waals surface area (Å²) in [5.41, 5.74) is 1.78. The van der Waals surface area contributed by atoms with Crippen LogP contribution < -0.4 is 5.32 Å². The van der Waals surface area contributed by atoms with Gasteiger partial charge in [-0.15, -0.1) is 11.3 Å². The normalized spacial score (nSPS) is 21.7. The van der Waals surface area contributed by atoms with Gasteiger partial charge in [0.1, 0.15) is 11.6 Å². The van der Waals surface area contributed by atoms with Crippen molar-refractivity contribution in [3.63, 3.8) is 0 Å². The molecule has 11 heteroatoms. The van der Waals surface area contributed by atoms with Gasteiger partial charge in [0, 0.05) is 63.3 Å². The molecule has 2 aromatic heterocycles. The van der Waals surface area contributed by atoms with Crippen molar-refractivity contribution in [3.8, 4) is 6.07 Å². The fourth-order valence-electron chi connectivity index (χ4n) is 5.16. The van der Waals surface area contributed by atoms with Gasteiger partial charge in [0.15, 0.2) is 0 Å². The Morgan fingerprint density at radius 1 is 1.32 bits per heavy atom. The molecule has 0 saturated heterocycles. The van der Waals surface area contributed by atoms with Crippen molar-refractivity contribution in [3.05, 3.63) is 55.4 Å². The Labute approximate surface area is 229 Å². The summed E-state index contributed by atoms with van der Waals surface area (Å²) in [7, 11) is 0. The van der Waals surface area contributed by atoms with Gasteiger partial charge in [-0.05, 0) is 56.9 Å². The predicted octanol–water partition coefficient (Wildman–Crippen LogP) is 3.70. The summed E-state index contributed by atoms with van der Waals surface area (Å²) in [4.78, 5) is 40.8. The number of fused-ring (bicyclic) bond motifs is 2. The molecule has 1 aliphatic heterocycles. The van der Waals surface area contributed by atoms with Gasteiger partial charge >= 0.3 is 5.91 Å². The first-order chi connectivity index (χ1) is 18.2. The van der Waals surface area contributed by atoms with Crippen LogP contribution >= 0.6 is 22.9 Å². The maximum atomic E-state index is 13.0. The van der Waals surface area contributed by atoms with E-state index in [-0.39, 0.29) is 42.5 Å². The van der Waals surface area contributed by atoms with Crippen LogP contribution in [-0.4, -0.2) is 68.2 Å². The molecule has 5 rings (SSSR count). The lowest BCUT2D eigenvalue weighted by Crippen LogP contribution is -2.48. The third-order valence-corrected chi connectivity index (χ3v) is 8.86. The quantitative estimate of drug-likeness (QED) is 0.367. The smallest absolute Gasteiger partial charge is 0.396 e. The molecule has 1 aromatic carbocycles. The van der Waals surface area contributed by atoms with Gasteiger partial charge < -0.3 is 20.5 Å². The number of rotatable bonds is 6. The Morgan fingerprint density at radius 3 is 2.89 bits per heavy atom. The van der Waals surface area contributed by atoms with E-state index in [0.29, 0.717) is 41.5 Å². The first-order valence-corrected chi connectivity index (χ1v) is 13.9. The number of aliphatic hydroxyl groups is 2. The number of H-pyrrole nitrogens is 1. The summed E-state index contributed by atoms with van der Waals surface area (Å²) in [6.45, 7) is 5.43. The topological polar surface area (TPSA) is 123 Å². The Balaban J connectivity index is 1.28. The number of aromatic amines is 1. The second-order valence-corrected chi connectivity index (χ2v) is 12.2. The standard InChI is InChI=1S/C27H30ClN5O4S/c1-27(2,14-35)33-6-5-20-23(12-33)38-26(32-20)25(37)29-11-17-7-15(13-34)8-21(17)31-24(36)22-10-16-9-18(28)3-4-19(16)30-22/h3-4,9-10,15,17,21,34-35H,5-8,12-14H2,1-2H3,(H-,30,31,36)/p+1/t15?,17?,21-/m1/s1. The Morgan fingerprint density at radius 2 is 2.13 bits per heavy atom. The third-order valence-electron chi connectivity index (χ3n) is 7.55. The Kier molecular flexibility index (Phi) is 7.58. The number of hydrogen-bond acceptors (Lipinski definition) is 7. The van der Waals surface area contributed by atoms with Crippen molar-refractivity contribution in [2.75, 3.05) is 19.8 Å². The molecule has 1 aliphatic carbocycles. The molecule has 1 saturated carbocycles. The lowest BCUT2D eigenvalue weighted by molar-refractivity contribution is 0.0471. The van der Waals surface area contributed by atoms with E-state index in [1.54, 1.807) is 18.2 Å². The maximum Gasteiger partial charge on any atom is 0.576 e. The van der Waals surface area contributed by atoms with E-state index in [4.69, 9.17) is 11.6 Å². The molecule has 4 N–H and O–H groups in total. The molecule has 0 spiro atoms. The van der Waals surface area contributed by atoms with Gasteiger partial charge in [-0.2, -0.15) is 4.79 Å². The van der Waals surface area contributed by atoms with Crippen molar-refractivity contribution >= 4 is 45.7 Å². The van der Waals surface area contributed by atoms with E-state index >= 15 is 0 Å². The summed E-state index contributed by atoms with van der Waals surface area (Å²) in [6, 6.07) is 9.76. The van der Waals surface area contributed by atoms with E-state index in [1.165, 1.54) is 11.3 Å². The summed E-state index contributed by atoms with van der Waals surface area (Å²) >= 11 is 7.39. The van der Waals surface area contributed by atoms with Gasteiger partial charge in [0.25, 0.3) is 17.0 Å². The number of aromatic nitrogens is 2. The van der Waals surface area contributed by atoms with Crippen LogP contribution in [-0.2, 0) is 13.0 Å². The van der Waals surface area contributed by atoms with E-state index in [2.05, 4.69) is 31.1 Å². The molecule has 0 radical (unpaired) electrons. The minimum absolute atomic E-state index is 0.0106. The number of carbonyl (C=O) groups is 2. The van der Waals surface area contributed by atoms with Crippen LogP contribution in [0.1, 0.15) is 57.6 Å². The SMILES string of the molecule is CC(C)(CO)N1CCc2nc(C(=O)[N+]#CC3CC(CO)C[C@H]3NC(=O)c3cc4cc(Cl)ccc4[nH]3)sc2C1. The highest BCUT2D eigenvalue weighted by Gasteiger charge is 2.39. The van der Waals surface area contributed by atoms with Gasteiger partial charge in [0.05, 0.1) is 12.3 Å². The van der Waals surface area contributed by atoms with Crippen LogP contribution in [0.3, 0.4) is 0 Å². The molecule has 9 nitrogen and oxygen atoms in total. The van der Waals surface area contributed by atoms with Crippen LogP contribution in [0.15, 0.2) is 24.3 Å². The lowest BCUT2D eigenvalue weighted by Gasteiger charge is -2.39. The average Bonchev–Trinajstić information content (AvgIpc) is 3.62. The lowest BCUT2D eigenvalue weighted by atomic mass is 10.0. The van der Waals surface area contributed by atoms with E-state index in [9.17, 15) is 19.8 Å². The zero-order valence-electron chi connectivity index (χ0n) is 21.3. The Bertz CT molecular complexity index is 1440. The number of amides is 2. The first-order valence-electron chi connectivity index (χ1n) is 12.7. The third kappa shape index (κ3) is 5.48. The molecule has 0 bridgehead atoms. The summed E-state index contributed by atoms with van der Waals surface area (Å²) in [6.07, 6.45) is 1.85. The molecule has 2 unspecified atom stereocenters. The van der Waals surface area contributed by atoms with Crippen LogP contribution in [0.5, 0.6) is 0 Å². The van der Waals surface area contributed by atoms with E-state index in [1.807, 2.05) is 19.9 Å². The maximum absolute atomic E-state index is 13.0.